The van der Waals surface area contributed by atoms with Crippen molar-refractivity contribution < 1.29 is 4.74 Å². The fraction of sp³-hybridized carbons (Fsp3) is 1.00. The number of hydrogen-bond donors (Lipinski definition) is 1. The largest absolute Gasteiger partial charge is 0.376 e. The summed E-state index contributed by atoms with van der Waals surface area (Å²) >= 11 is 0. The van der Waals surface area contributed by atoms with E-state index >= 15 is 0 Å². The Kier molecular flexibility index (Phi) is 3.92. The van der Waals surface area contributed by atoms with E-state index in [9.17, 15) is 0 Å². The van der Waals surface area contributed by atoms with Crippen LogP contribution in [-0.2, 0) is 4.74 Å². The minimum atomic E-state index is 0.558. The Hall–Kier alpha value is -0.120. The van der Waals surface area contributed by atoms with Crippen LogP contribution in [0.25, 0.3) is 0 Å². The summed E-state index contributed by atoms with van der Waals surface area (Å²) < 4.78 is 6.00. The van der Waals surface area contributed by atoms with E-state index in [4.69, 9.17) is 4.74 Å². The van der Waals surface area contributed by atoms with Gasteiger partial charge in [0, 0.05) is 31.3 Å². The summed E-state index contributed by atoms with van der Waals surface area (Å²) in [4.78, 5) is 2.72. The highest BCUT2D eigenvalue weighted by molar-refractivity contribution is 4.96. The molecule has 3 unspecified atom stereocenters. The van der Waals surface area contributed by atoms with Gasteiger partial charge < -0.3 is 10.1 Å². The van der Waals surface area contributed by atoms with Crippen LogP contribution in [0.15, 0.2) is 0 Å². The smallest absolute Gasteiger partial charge is 0.0759 e. The molecule has 0 amide bonds. The summed E-state index contributed by atoms with van der Waals surface area (Å²) in [6.45, 7) is 8.02. The second-order valence-corrected chi connectivity index (χ2v) is 6.68. The molecular weight excluding hydrogens is 224 g/mol. The molecule has 3 atom stereocenters. The summed E-state index contributed by atoms with van der Waals surface area (Å²) in [5, 5.41) is 3.71. The summed E-state index contributed by atoms with van der Waals surface area (Å²) in [5.74, 6) is 0.885. The zero-order valence-corrected chi connectivity index (χ0v) is 11.9. The maximum absolute atomic E-state index is 6.00. The lowest BCUT2D eigenvalue weighted by Crippen LogP contribution is -2.53. The number of nitrogens with one attached hydrogen (secondary N) is 1. The van der Waals surface area contributed by atoms with Crippen LogP contribution in [0.4, 0.5) is 0 Å². The van der Waals surface area contributed by atoms with Gasteiger partial charge in [-0.25, -0.2) is 0 Å². The van der Waals surface area contributed by atoms with Gasteiger partial charge >= 0.3 is 0 Å². The first-order valence-corrected chi connectivity index (χ1v) is 7.85. The molecule has 2 saturated heterocycles. The molecule has 104 valence electrons. The highest BCUT2D eigenvalue weighted by atomic mass is 16.5. The number of piperidine rings is 1. The maximum Gasteiger partial charge on any atom is 0.0759 e. The molecule has 1 aliphatic carbocycles. The number of ether oxygens (including phenoxy) is 1. The van der Waals surface area contributed by atoms with Gasteiger partial charge in [0.15, 0.2) is 0 Å². The highest BCUT2D eigenvalue weighted by Crippen LogP contribution is 2.40. The molecule has 1 N–H and O–H groups in total. The number of nitrogens with zero attached hydrogens (tertiary/aromatic N) is 1. The van der Waals surface area contributed by atoms with E-state index in [0.717, 1.165) is 12.5 Å². The highest BCUT2D eigenvalue weighted by Gasteiger charge is 2.43. The van der Waals surface area contributed by atoms with E-state index in [0.29, 0.717) is 24.2 Å². The molecule has 1 saturated carbocycles. The van der Waals surface area contributed by atoms with Crippen molar-refractivity contribution in [2.24, 2.45) is 5.92 Å². The van der Waals surface area contributed by atoms with Crippen molar-refractivity contribution >= 4 is 0 Å². The zero-order chi connectivity index (χ0) is 12.5. The second-order valence-electron chi connectivity index (χ2n) is 6.68. The molecule has 0 spiro atoms. The van der Waals surface area contributed by atoms with Crippen LogP contribution in [0.1, 0.15) is 46.0 Å². The van der Waals surface area contributed by atoms with Gasteiger partial charge in [-0.1, -0.05) is 13.8 Å². The van der Waals surface area contributed by atoms with Crippen LogP contribution >= 0.6 is 0 Å². The summed E-state index contributed by atoms with van der Waals surface area (Å²) in [6.07, 6.45) is 7.32. The summed E-state index contributed by atoms with van der Waals surface area (Å²) in [5.41, 5.74) is 0. The third-order valence-electron chi connectivity index (χ3n) is 4.68. The van der Waals surface area contributed by atoms with Gasteiger partial charge in [0.25, 0.3) is 0 Å². The number of likely N-dealkylation sites (tertiary alicyclic amines) is 1. The van der Waals surface area contributed by atoms with Gasteiger partial charge in [-0.05, 0) is 44.6 Å². The first kappa shape index (κ1) is 12.9. The average Bonchev–Trinajstić information content (AvgIpc) is 3.06. The standard InChI is InChI=1S/C15H28N2O/c1-11(2)16-13-4-3-8-17(10-13)14-7-9-18-15(14)12-5-6-12/h11-16H,3-10H2,1-2H3. The third-order valence-corrected chi connectivity index (χ3v) is 4.68. The lowest BCUT2D eigenvalue weighted by molar-refractivity contribution is 0.0333. The van der Waals surface area contributed by atoms with Gasteiger partial charge in [-0.2, -0.15) is 0 Å². The fourth-order valence-electron chi connectivity index (χ4n) is 3.78. The van der Waals surface area contributed by atoms with E-state index in [2.05, 4.69) is 24.1 Å². The molecule has 2 aliphatic heterocycles. The number of rotatable bonds is 4. The first-order valence-electron chi connectivity index (χ1n) is 7.85. The molecule has 3 fully saturated rings. The van der Waals surface area contributed by atoms with Crippen molar-refractivity contribution in [1.82, 2.24) is 10.2 Å². The quantitative estimate of drug-likeness (QED) is 0.828. The number of hydrogen-bond acceptors (Lipinski definition) is 3. The Morgan fingerprint density at radius 1 is 1.17 bits per heavy atom. The summed E-state index contributed by atoms with van der Waals surface area (Å²) in [7, 11) is 0. The topological polar surface area (TPSA) is 24.5 Å². The molecule has 3 rings (SSSR count). The maximum atomic E-state index is 6.00. The zero-order valence-electron chi connectivity index (χ0n) is 11.9. The van der Waals surface area contributed by atoms with Crippen molar-refractivity contribution in [2.45, 2.75) is 70.2 Å². The lowest BCUT2D eigenvalue weighted by Gasteiger charge is -2.39. The minimum Gasteiger partial charge on any atom is -0.376 e. The van der Waals surface area contributed by atoms with Crippen LogP contribution in [-0.4, -0.2) is 48.8 Å². The monoisotopic (exact) mass is 252 g/mol. The van der Waals surface area contributed by atoms with Crippen molar-refractivity contribution in [3.63, 3.8) is 0 Å². The van der Waals surface area contributed by atoms with Gasteiger partial charge in [0.1, 0.15) is 0 Å². The Bertz CT molecular complexity index is 278. The predicted octanol–water partition coefficient (Wildman–Crippen LogP) is 2.02. The van der Waals surface area contributed by atoms with Crippen molar-refractivity contribution in [3.8, 4) is 0 Å². The van der Waals surface area contributed by atoms with Gasteiger partial charge in [-0.15, -0.1) is 0 Å². The lowest BCUT2D eigenvalue weighted by atomic mass is 9.98. The molecule has 3 nitrogen and oxygen atoms in total. The van der Waals surface area contributed by atoms with E-state index in [1.165, 1.54) is 45.2 Å². The normalized spacial score (nSPS) is 38.5. The molecule has 0 aromatic heterocycles. The Balaban J connectivity index is 1.57. The van der Waals surface area contributed by atoms with E-state index in [-0.39, 0.29) is 0 Å². The third kappa shape index (κ3) is 2.89. The summed E-state index contributed by atoms with van der Waals surface area (Å²) in [6, 6.07) is 2.02. The molecule has 3 aliphatic rings. The Morgan fingerprint density at radius 3 is 2.72 bits per heavy atom. The van der Waals surface area contributed by atoms with Crippen LogP contribution < -0.4 is 5.32 Å². The predicted molar refractivity (Wildman–Crippen MR) is 73.7 cm³/mol. The SMILES string of the molecule is CC(C)NC1CCCN(C2CCOC2C2CC2)C1. The van der Waals surface area contributed by atoms with Crippen LogP contribution in [0.3, 0.4) is 0 Å². The molecule has 0 radical (unpaired) electrons. The van der Waals surface area contributed by atoms with E-state index in [1.807, 2.05) is 0 Å². The molecule has 0 bridgehead atoms. The van der Waals surface area contributed by atoms with Crippen molar-refractivity contribution in [2.75, 3.05) is 19.7 Å². The Morgan fingerprint density at radius 2 is 2.00 bits per heavy atom. The molecule has 18 heavy (non-hydrogen) atoms. The average molecular weight is 252 g/mol. The molecule has 2 heterocycles. The minimum absolute atomic E-state index is 0.558. The molecule has 0 aromatic carbocycles. The van der Waals surface area contributed by atoms with Crippen LogP contribution in [0.2, 0.25) is 0 Å². The van der Waals surface area contributed by atoms with E-state index < -0.39 is 0 Å². The van der Waals surface area contributed by atoms with Crippen molar-refractivity contribution in [3.05, 3.63) is 0 Å². The van der Waals surface area contributed by atoms with Crippen molar-refractivity contribution in [1.29, 1.82) is 0 Å². The van der Waals surface area contributed by atoms with Gasteiger partial charge in [0.05, 0.1) is 6.10 Å². The van der Waals surface area contributed by atoms with Crippen LogP contribution in [0, 0.1) is 5.92 Å². The van der Waals surface area contributed by atoms with Gasteiger partial charge in [-0.3, -0.25) is 4.90 Å². The van der Waals surface area contributed by atoms with Crippen LogP contribution in [0.5, 0.6) is 0 Å². The Labute approximate surface area is 111 Å². The van der Waals surface area contributed by atoms with Gasteiger partial charge in [0.2, 0.25) is 0 Å². The first-order chi connectivity index (χ1) is 8.74. The second kappa shape index (κ2) is 5.48. The molecule has 3 heteroatoms. The van der Waals surface area contributed by atoms with E-state index in [1.54, 1.807) is 0 Å². The molecular formula is C15H28N2O. The fourth-order valence-corrected chi connectivity index (χ4v) is 3.78. The molecule has 0 aromatic rings.